The topological polar surface area (TPSA) is 36.9 Å². The first-order valence-electron chi connectivity index (χ1n) is 12.9. The molecule has 0 aliphatic rings. The molecule has 0 aromatic heterocycles. The van der Waals surface area contributed by atoms with E-state index in [4.69, 9.17) is 18.9 Å². The van der Waals surface area contributed by atoms with Gasteiger partial charge in [0.05, 0.1) is 39.3 Å². The SMILES string of the molecule is C=COCCOCCOCCOCCCCCCCCCCCCCCCCCC. The molecule has 0 N–H and O–H groups in total. The minimum atomic E-state index is 0.548. The van der Waals surface area contributed by atoms with Gasteiger partial charge in [0.15, 0.2) is 0 Å². The third-order valence-corrected chi connectivity index (χ3v) is 5.35. The first kappa shape index (κ1) is 29.4. The second-order valence-electron chi connectivity index (χ2n) is 8.18. The summed E-state index contributed by atoms with van der Waals surface area (Å²) in [4.78, 5) is 0. The molecule has 4 heteroatoms. The zero-order valence-electron chi connectivity index (χ0n) is 20.2. The zero-order chi connectivity index (χ0) is 21.8. The Kier molecular flexibility index (Phi) is 27.9. The average Bonchev–Trinajstić information content (AvgIpc) is 2.76. The van der Waals surface area contributed by atoms with Crippen LogP contribution in [0.1, 0.15) is 110 Å². The largest absolute Gasteiger partial charge is 0.499 e. The molecule has 0 amide bonds. The maximum Gasteiger partial charge on any atom is 0.111 e. The summed E-state index contributed by atoms with van der Waals surface area (Å²) in [5, 5.41) is 0. The predicted molar refractivity (Wildman–Crippen MR) is 128 cm³/mol. The van der Waals surface area contributed by atoms with Gasteiger partial charge in [-0.05, 0) is 6.42 Å². The molecule has 0 saturated carbocycles. The summed E-state index contributed by atoms with van der Waals surface area (Å²) >= 11 is 0. The summed E-state index contributed by atoms with van der Waals surface area (Å²) in [5.74, 6) is 0. The summed E-state index contributed by atoms with van der Waals surface area (Å²) in [6, 6.07) is 0. The number of rotatable bonds is 27. The molecule has 180 valence electrons. The fourth-order valence-electron chi connectivity index (χ4n) is 3.48. The minimum Gasteiger partial charge on any atom is -0.499 e. The van der Waals surface area contributed by atoms with E-state index in [9.17, 15) is 0 Å². The highest BCUT2D eigenvalue weighted by Gasteiger charge is 1.95. The van der Waals surface area contributed by atoms with Crippen molar-refractivity contribution >= 4 is 0 Å². The molecule has 30 heavy (non-hydrogen) atoms. The molecule has 0 aliphatic carbocycles. The van der Waals surface area contributed by atoms with Crippen LogP contribution < -0.4 is 0 Å². The van der Waals surface area contributed by atoms with Crippen molar-refractivity contribution in [2.75, 3.05) is 46.2 Å². The number of ether oxygens (including phenoxy) is 4. The lowest BCUT2D eigenvalue weighted by Gasteiger charge is -2.07. The van der Waals surface area contributed by atoms with Crippen LogP contribution in [-0.2, 0) is 18.9 Å². The molecular weight excluding hydrogens is 376 g/mol. The summed E-state index contributed by atoms with van der Waals surface area (Å²) in [6.45, 7) is 10.3. The highest BCUT2D eigenvalue weighted by molar-refractivity contribution is 4.50. The second-order valence-corrected chi connectivity index (χ2v) is 8.18. The van der Waals surface area contributed by atoms with Gasteiger partial charge >= 0.3 is 0 Å². The molecule has 0 aliphatic heterocycles. The Bertz CT molecular complexity index is 309. The van der Waals surface area contributed by atoms with Crippen molar-refractivity contribution in [3.8, 4) is 0 Å². The Labute approximate surface area is 188 Å². The fourth-order valence-corrected chi connectivity index (χ4v) is 3.48. The molecular formula is C26H52O4. The number of hydrogen-bond acceptors (Lipinski definition) is 4. The van der Waals surface area contributed by atoms with Crippen LogP contribution in [0.2, 0.25) is 0 Å². The van der Waals surface area contributed by atoms with Crippen LogP contribution in [0.5, 0.6) is 0 Å². The molecule has 0 fully saturated rings. The van der Waals surface area contributed by atoms with Crippen LogP contribution in [-0.4, -0.2) is 46.2 Å². The van der Waals surface area contributed by atoms with E-state index in [-0.39, 0.29) is 0 Å². The van der Waals surface area contributed by atoms with E-state index in [2.05, 4.69) is 13.5 Å². The van der Waals surface area contributed by atoms with Crippen molar-refractivity contribution in [1.29, 1.82) is 0 Å². The Morgan fingerprint density at radius 2 is 0.767 bits per heavy atom. The zero-order valence-corrected chi connectivity index (χ0v) is 20.2. The third kappa shape index (κ3) is 27.4. The monoisotopic (exact) mass is 428 g/mol. The van der Waals surface area contributed by atoms with Gasteiger partial charge in [-0.2, -0.15) is 0 Å². The lowest BCUT2D eigenvalue weighted by molar-refractivity contribution is 0.00608. The molecule has 4 nitrogen and oxygen atoms in total. The predicted octanol–water partition coefficient (Wildman–Crippen LogP) is 7.46. The van der Waals surface area contributed by atoms with Crippen molar-refractivity contribution < 1.29 is 18.9 Å². The van der Waals surface area contributed by atoms with Crippen molar-refractivity contribution in [3.05, 3.63) is 12.8 Å². The molecule has 0 radical (unpaired) electrons. The molecule has 0 heterocycles. The van der Waals surface area contributed by atoms with Crippen LogP contribution in [0.3, 0.4) is 0 Å². The fraction of sp³-hybridized carbons (Fsp3) is 0.923. The standard InChI is InChI=1S/C26H52O4/c1-3-5-6-7-8-9-10-11-12-13-14-15-16-17-18-19-20-28-23-24-30-26-25-29-22-21-27-4-2/h4H,2-3,5-26H2,1H3. The molecule has 0 saturated heterocycles. The van der Waals surface area contributed by atoms with Gasteiger partial charge in [0.25, 0.3) is 0 Å². The van der Waals surface area contributed by atoms with Crippen molar-refractivity contribution in [1.82, 2.24) is 0 Å². The van der Waals surface area contributed by atoms with Gasteiger partial charge in [0, 0.05) is 6.61 Å². The molecule has 0 unspecified atom stereocenters. The first-order valence-corrected chi connectivity index (χ1v) is 12.9. The highest BCUT2D eigenvalue weighted by atomic mass is 16.6. The summed E-state index contributed by atoms with van der Waals surface area (Å²) in [5.41, 5.74) is 0. The van der Waals surface area contributed by atoms with Gasteiger partial charge in [-0.3, -0.25) is 0 Å². The van der Waals surface area contributed by atoms with Gasteiger partial charge in [-0.25, -0.2) is 0 Å². The first-order chi connectivity index (χ1) is 14.9. The van der Waals surface area contributed by atoms with Crippen LogP contribution >= 0.6 is 0 Å². The second kappa shape index (κ2) is 28.4. The Morgan fingerprint density at radius 3 is 1.17 bits per heavy atom. The van der Waals surface area contributed by atoms with Crippen molar-refractivity contribution in [3.63, 3.8) is 0 Å². The lowest BCUT2D eigenvalue weighted by Crippen LogP contribution is -2.11. The van der Waals surface area contributed by atoms with E-state index < -0.39 is 0 Å². The van der Waals surface area contributed by atoms with E-state index in [1.54, 1.807) is 0 Å². The van der Waals surface area contributed by atoms with E-state index in [0.717, 1.165) is 6.61 Å². The number of hydrogen-bond donors (Lipinski definition) is 0. The van der Waals surface area contributed by atoms with E-state index in [1.165, 1.54) is 109 Å². The van der Waals surface area contributed by atoms with Gasteiger partial charge in [0.1, 0.15) is 6.61 Å². The Hall–Kier alpha value is -0.580. The van der Waals surface area contributed by atoms with E-state index >= 15 is 0 Å². The van der Waals surface area contributed by atoms with Crippen LogP contribution in [0.15, 0.2) is 12.8 Å². The van der Waals surface area contributed by atoms with Gasteiger partial charge in [-0.15, -0.1) is 0 Å². The summed E-state index contributed by atoms with van der Waals surface area (Å²) in [7, 11) is 0. The van der Waals surface area contributed by atoms with Crippen LogP contribution in [0.25, 0.3) is 0 Å². The minimum absolute atomic E-state index is 0.548. The van der Waals surface area contributed by atoms with Crippen LogP contribution in [0.4, 0.5) is 0 Å². The molecule has 0 aromatic carbocycles. The molecule has 0 bridgehead atoms. The van der Waals surface area contributed by atoms with Gasteiger partial charge in [-0.1, -0.05) is 110 Å². The third-order valence-electron chi connectivity index (χ3n) is 5.35. The molecule has 0 rings (SSSR count). The van der Waals surface area contributed by atoms with Gasteiger partial charge < -0.3 is 18.9 Å². The maximum atomic E-state index is 5.62. The lowest BCUT2D eigenvalue weighted by atomic mass is 10.0. The molecule has 0 aromatic rings. The Balaban J connectivity index is 2.98. The van der Waals surface area contributed by atoms with Crippen molar-refractivity contribution in [2.24, 2.45) is 0 Å². The summed E-state index contributed by atoms with van der Waals surface area (Å²) < 4.78 is 21.4. The summed E-state index contributed by atoms with van der Waals surface area (Å²) in [6.07, 6.45) is 23.8. The molecule has 0 atom stereocenters. The normalized spacial score (nSPS) is 11.1. The van der Waals surface area contributed by atoms with Gasteiger partial charge in [0.2, 0.25) is 0 Å². The Morgan fingerprint density at radius 1 is 0.433 bits per heavy atom. The average molecular weight is 429 g/mol. The van der Waals surface area contributed by atoms with Crippen LogP contribution in [0, 0.1) is 0 Å². The quantitative estimate of drug-likeness (QED) is 0.100. The smallest absolute Gasteiger partial charge is 0.111 e. The van der Waals surface area contributed by atoms with E-state index in [0.29, 0.717) is 39.6 Å². The highest BCUT2D eigenvalue weighted by Crippen LogP contribution is 2.13. The maximum absolute atomic E-state index is 5.62. The van der Waals surface area contributed by atoms with Crippen molar-refractivity contribution in [2.45, 2.75) is 110 Å². The van der Waals surface area contributed by atoms with E-state index in [1.807, 2.05) is 0 Å². The molecule has 0 spiro atoms. The number of unbranched alkanes of at least 4 members (excludes halogenated alkanes) is 15.